The van der Waals surface area contributed by atoms with Gasteiger partial charge in [-0.15, -0.1) is 0 Å². The van der Waals surface area contributed by atoms with Gasteiger partial charge >= 0.3 is 6.03 Å². The summed E-state index contributed by atoms with van der Waals surface area (Å²) in [6.45, 7) is 2.41. The summed E-state index contributed by atoms with van der Waals surface area (Å²) < 4.78 is 0. The summed E-state index contributed by atoms with van der Waals surface area (Å²) in [5, 5.41) is 5.59. The standard InChI is InChI=1S/C21H26N4O4/c1-14-8-10-21(11-9-14)19(28)25(20(29)23-21)13-17(26)22-15-5-2-3-6-16(15)24-12-4-7-18(24)27/h2-3,5-6,14H,4,7-13H2,1H3,(H,22,26)(H,23,29). The summed E-state index contributed by atoms with van der Waals surface area (Å²) in [6.07, 6.45) is 4.25. The van der Waals surface area contributed by atoms with Gasteiger partial charge in [0.05, 0.1) is 11.4 Å². The molecule has 2 N–H and O–H groups in total. The molecule has 2 heterocycles. The number of hydrogen-bond acceptors (Lipinski definition) is 4. The molecular formula is C21H26N4O4. The Balaban J connectivity index is 1.45. The van der Waals surface area contributed by atoms with Crippen molar-refractivity contribution in [1.29, 1.82) is 0 Å². The molecule has 0 unspecified atom stereocenters. The van der Waals surface area contributed by atoms with Crippen molar-refractivity contribution in [3.63, 3.8) is 0 Å². The predicted octanol–water partition coefficient (Wildman–Crippen LogP) is 2.25. The number of anilines is 2. The zero-order valence-corrected chi connectivity index (χ0v) is 16.6. The van der Waals surface area contributed by atoms with Crippen LogP contribution in [-0.2, 0) is 14.4 Å². The smallest absolute Gasteiger partial charge is 0.323 e. The van der Waals surface area contributed by atoms with Crippen LogP contribution in [0.3, 0.4) is 0 Å². The molecule has 8 heteroatoms. The van der Waals surface area contributed by atoms with Crippen molar-refractivity contribution in [2.75, 3.05) is 23.3 Å². The Morgan fingerprint density at radius 3 is 2.62 bits per heavy atom. The van der Waals surface area contributed by atoms with Gasteiger partial charge in [-0.2, -0.15) is 0 Å². The average Bonchev–Trinajstić information content (AvgIpc) is 3.22. The highest BCUT2D eigenvalue weighted by Crippen LogP contribution is 2.36. The molecule has 3 fully saturated rings. The van der Waals surface area contributed by atoms with E-state index in [4.69, 9.17) is 0 Å². The maximum atomic E-state index is 12.9. The number of hydrogen-bond donors (Lipinski definition) is 2. The zero-order valence-electron chi connectivity index (χ0n) is 16.6. The van der Waals surface area contributed by atoms with Gasteiger partial charge in [0.15, 0.2) is 0 Å². The number of amides is 5. The number of nitrogens with one attached hydrogen (secondary N) is 2. The van der Waals surface area contributed by atoms with Crippen LogP contribution in [0.15, 0.2) is 24.3 Å². The van der Waals surface area contributed by atoms with Gasteiger partial charge in [-0.25, -0.2) is 4.79 Å². The lowest BCUT2D eigenvalue weighted by Gasteiger charge is -2.33. The Bertz CT molecular complexity index is 860. The Kier molecular flexibility index (Phi) is 5.02. The zero-order chi connectivity index (χ0) is 20.6. The molecule has 0 aromatic heterocycles. The number of para-hydroxylation sites is 2. The van der Waals surface area contributed by atoms with Gasteiger partial charge in [0.1, 0.15) is 12.1 Å². The first-order valence-electron chi connectivity index (χ1n) is 10.2. The first-order chi connectivity index (χ1) is 13.9. The maximum Gasteiger partial charge on any atom is 0.325 e. The predicted molar refractivity (Wildman–Crippen MR) is 107 cm³/mol. The van der Waals surface area contributed by atoms with Crippen LogP contribution in [0.2, 0.25) is 0 Å². The van der Waals surface area contributed by atoms with E-state index in [-0.39, 0.29) is 18.4 Å². The molecule has 1 aromatic rings. The molecule has 8 nitrogen and oxygen atoms in total. The van der Waals surface area contributed by atoms with Crippen LogP contribution in [0.25, 0.3) is 0 Å². The largest absolute Gasteiger partial charge is 0.325 e. The monoisotopic (exact) mass is 398 g/mol. The SMILES string of the molecule is CC1CCC2(CC1)NC(=O)N(CC(=O)Nc1ccccc1N1CCCC1=O)C2=O. The minimum absolute atomic E-state index is 0.0225. The van der Waals surface area contributed by atoms with Crippen LogP contribution in [0, 0.1) is 5.92 Å². The van der Waals surface area contributed by atoms with Crippen molar-refractivity contribution < 1.29 is 19.2 Å². The van der Waals surface area contributed by atoms with Gasteiger partial charge in [-0.05, 0) is 50.2 Å². The van der Waals surface area contributed by atoms with Gasteiger partial charge in [0.25, 0.3) is 5.91 Å². The Hall–Kier alpha value is -2.90. The van der Waals surface area contributed by atoms with E-state index in [1.807, 2.05) is 6.07 Å². The number of benzene rings is 1. The molecule has 3 aliphatic rings. The fraction of sp³-hybridized carbons (Fsp3) is 0.524. The molecule has 2 saturated heterocycles. The molecule has 1 saturated carbocycles. The highest BCUT2D eigenvalue weighted by atomic mass is 16.2. The number of imide groups is 1. The first-order valence-corrected chi connectivity index (χ1v) is 10.2. The highest BCUT2D eigenvalue weighted by molar-refractivity contribution is 6.10. The van der Waals surface area contributed by atoms with E-state index in [9.17, 15) is 19.2 Å². The second-order valence-electron chi connectivity index (χ2n) is 8.30. The number of urea groups is 1. The molecule has 2 aliphatic heterocycles. The van der Waals surface area contributed by atoms with Gasteiger partial charge in [-0.3, -0.25) is 19.3 Å². The minimum atomic E-state index is -0.857. The Morgan fingerprint density at radius 1 is 1.21 bits per heavy atom. The molecule has 0 bridgehead atoms. The summed E-state index contributed by atoms with van der Waals surface area (Å²) in [5.41, 5.74) is 0.281. The average molecular weight is 398 g/mol. The third-order valence-corrected chi connectivity index (χ3v) is 6.22. The molecule has 0 atom stereocenters. The maximum absolute atomic E-state index is 12.9. The summed E-state index contributed by atoms with van der Waals surface area (Å²) in [7, 11) is 0. The van der Waals surface area contributed by atoms with Gasteiger partial charge in [0.2, 0.25) is 11.8 Å². The van der Waals surface area contributed by atoms with Crippen molar-refractivity contribution >= 4 is 35.1 Å². The quantitative estimate of drug-likeness (QED) is 0.760. The number of rotatable bonds is 4. The molecular weight excluding hydrogens is 372 g/mol. The van der Waals surface area contributed by atoms with E-state index in [2.05, 4.69) is 17.6 Å². The summed E-state index contributed by atoms with van der Waals surface area (Å²) in [6, 6.07) is 6.56. The summed E-state index contributed by atoms with van der Waals surface area (Å²) >= 11 is 0. The molecule has 0 radical (unpaired) electrons. The molecule has 4 rings (SSSR count). The topological polar surface area (TPSA) is 98.8 Å². The third kappa shape index (κ3) is 3.59. The van der Waals surface area contributed by atoms with Crippen molar-refractivity contribution in [2.24, 2.45) is 5.92 Å². The van der Waals surface area contributed by atoms with Crippen LogP contribution in [0.5, 0.6) is 0 Å². The van der Waals surface area contributed by atoms with E-state index in [0.29, 0.717) is 43.1 Å². The van der Waals surface area contributed by atoms with Gasteiger partial charge in [-0.1, -0.05) is 19.1 Å². The van der Waals surface area contributed by atoms with Gasteiger partial charge in [0, 0.05) is 13.0 Å². The van der Waals surface area contributed by atoms with Crippen molar-refractivity contribution in [1.82, 2.24) is 10.2 Å². The fourth-order valence-electron chi connectivity index (χ4n) is 4.46. The van der Waals surface area contributed by atoms with E-state index < -0.39 is 17.5 Å². The number of nitrogens with zero attached hydrogens (tertiary/aromatic N) is 2. The van der Waals surface area contributed by atoms with Crippen molar-refractivity contribution in [3.8, 4) is 0 Å². The second-order valence-corrected chi connectivity index (χ2v) is 8.30. The van der Waals surface area contributed by atoms with E-state index in [1.54, 1.807) is 23.1 Å². The molecule has 1 spiro atoms. The molecule has 154 valence electrons. The second kappa shape index (κ2) is 7.50. The minimum Gasteiger partial charge on any atom is -0.323 e. The van der Waals surface area contributed by atoms with Crippen molar-refractivity contribution in [2.45, 2.75) is 51.0 Å². The fourth-order valence-corrected chi connectivity index (χ4v) is 4.46. The van der Waals surface area contributed by atoms with Crippen molar-refractivity contribution in [3.05, 3.63) is 24.3 Å². The molecule has 1 aromatic carbocycles. The summed E-state index contributed by atoms with van der Waals surface area (Å²) in [4.78, 5) is 52.7. The van der Waals surface area contributed by atoms with Gasteiger partial charge < -0.3 is 15.5 Å². The number of carbonyl (C=O) groups is 4. The van der Waals surface area contributed by atoms with E-state index in [0.717, 1.165) is 24.2 Å². The normalized spacial score (nSPS) is 26.9. The molecule has 29 heavy (non-hydrogen) atoms. The van der Waals surface area contributed by atoms with Crippen LogP contribution < -0.4 is 15.5 Å². The number of carbonyl (C=O) groups excluding carboxylic acids is 4. The lowest BCUT2D eigenvalue weighted by Crippen LogP contribution is -2.49. The lowest BCUT2D eigenvalue weighted by molar-refractivity contribution is -0.135. The molecule has 1 aliphatic carbocycles. The lowest BCUT2D eigenvalue weighted by atomic mass is 9.77. The van der Waals surface area contributed by atoms with Crippen LogP contribution in [0.4, 0.5) is 16.2 Å². The summed E-state index contributed by atoms with van der Waals surface area (Å²) in [5.74, 6) is -0.219. The van der Waals surface area contributed by atoms with Crippen LogP contribution in [0.1, 0.15) is 45.4 Å². The third-order valence-electron chi connectivity index (χ3n) is 6.22. The first kappa shape index (κ1) is 19.4. The van der Waals surface area contributed by atoms with E-state index >= 15 is 0 Å². The molecule has 5 amide bonds. The van der Waals surface area contributed by atoms with Crippen LogP contribution in [-0.4, -0.2) is 47.3 Å². The Morgan fingerprint density at radius 2 is 1.93 bits per heavy atom. The van der Waals surface area contributed by atoms with E-state index in [1.165, 1.54) is 0 Å². The van der Waals surface area contributed by atoms with Crippen LogP contribution >= 0.6 is 0 Å². The highest BCUT2D eigenvalue weighted by Gasteiger charge is 2.52. The Labute approximate surface area is 169 Å².